The van der Waals surface area contributed by atoms with Crippen molar-refractivity contribution >= 4 is 0 Å². The Morgan fingerprint density at radius 1 is 1.29 bits per heavy atom. The molecule has 17 heavy (non-hydrogen) atoms. The maximum absolute atomic E-state index is 4.32. The monoisotopic (exact) mass is 230 g/mol. The van der Waals surface area contributed by atoms with Crippen molar-refractivity contribution in [3.05, 3.63) is 48.0 Å². The molecule has 0 aromatic carbocycles. The molecule has 0 bridgehead atoms. The summed E-state index contributed by atoms with van der Waals surface area (Å²) in [6.45, 7) is 6.00. The summed E-state index contributed by atoms with van der Waals surface area (Å²) in [5.74, 6) is 0. The molecule has 0 aliphatic carbocycles. The molecule has 0 spiro atoms. The molecule has 0 aliphatic rings. The van der Waals surface area contributed by atoms with Gasteiger partial charge in [-0.2, -0.15) is 5.10 Å². The minimum atomic E-state index is 0.175. The summed E-state index contributed by atoms with van der Waals surface area (Å²) in [4.78, 5) is 4.17. The van der Waals surface area contributed by atoms with Crippen LogP contribution >= 0.6 is 0 Å². The van der Waals surface area contributed by atoms with Crippen LogP contribution in [0, 0.1) is 0 Å². The molecule has 0 aliphatic heterocycles. The normalized spacial score (nSPS) is 12.6. The molecule has 2 heterocycles. The van der Waals surface area contributed by atoms with E-state index in [0.717, 1.165) is 13.1 Å². The van der Waals surface area contributed by atoms with Crippen molar-refractivity contribution in [2.75, 3.05) is 6.54 Å². The number of pyridine rings is 1. The zero-order valence-corrected chi connectivity index (χ0v) is 10.3. The summed E-state index contributed by atoms with van der Waals surface area (Å²) in [6, 6.07) is 4.22. The molecule has 0 saturated heterocycles. The third-order valence-corrected chi connectivity index (χ3v) is 2.74. The standard InChI is InChI=1S/C13H18N4/c1-3-15-13(11-6-5-7-14-8-11)12-9-16-17(4-2)10-12/h5-10,13,15H,3-4H2,1-2H3. The number of nitrogens with zero attached hydrogens (tertiary/aromatic N) is 3. The van der Waals surface area contributed by atoms with Crippen LogP contribution in [0.2, 0.25) is 0 Å². The van der Waals surface area contributed by atoms with Crippen molar-refractivity contribution in [1.82, 2.24) is 20.1 Å². The first-order valence-corrected chi connectivity index (χ1v) is 6.00. The first kappa shape index (κ1) is 11.8. The van der Waals surface area contributed by atoms with Gasteiger partial charge in [-0.25, -0.2) is 0 Å². The number of hydrogen-bond acceptors (Lipinski definition) is 3. The van der Waals surface area contributed by atoms with Crippen LogP contribution in [0.25, 0.3) is 0 Å². The Morgan fingerprint density at radius 3 is 2.76 bits per heavy atom. The summed E-state index contributed by atoms with van der Waals surface area (Å²) < 4.78 is 1.94. The van der Waals surface area contributed by atoms with Crippen molar-refractivity contribution in [2.24, 2.45) is 0 Å². The lowest BCUT2D eigenvalue weighted by Crippen LogP contribution is -2.21. The Balaban J connectivity index is 2.28. The van der Waals surface area contributed by atoms with Gasteiger partial charge in [-0.15, -0.1) is 0 Å². The molecule has 0 fully saturated rings. The highest BCUT2D eigenvalue weighted by molar-refractivity contribution is 5.26. The lowest BCUT2D eigenvalue weighted by Gasteiger charge is -2.16. The smallest absolute Gasteiger partial charge is 0.0623 e. The molecule has 90 valence electrons. The number of aryl methyl sites for hydroxylation is 1. The average Bonchev–Trinajstić information content (AvgIpc) is 2.85. The Hall–Kier alpha value is -1.68. The number of hydrogen-bond donors (Lipinski definition) is 1. The number of nitrogens with one attached hydrogen (secondary N) is 1. The molecule has 2 aromatic heterocycles. The molecule has 1 atom stereocenters. The van der Waals surface area contributed by atoms with Crippen molar-refractivity contribution in [2.45, 2.75) is 26.4 Å². The molecule has 2 aromatic rings. The topological polar surface area (TPSA) is 42.7 Å². The van der Waals surface area contributed by atoms with E-state index in [4.69, 9.17) is 0 Å². The molecule has 0 radical (unpaired) electrons. The van der Waals surface area contributed by atoms with Gasteiger partial charge in [-0.3, -0.25) is 9.67 Å². The van der Waals surface area contributed by atoms with Crippen molar-refractivity contribution in [3.63, 3.8) is 0 Å². The predicted molar refractivity (Wildman–Crippen MR) is 67.7 cm³/mol. The van der Waals surface area contributed by atoms with Gasteiger partial charge in [-0.05, 0) is 25.1 Å². The number of rotatable bonds is 5. The molecule has 2 rings (SSSR count). The van der Waals surface area contributed by atoms with E-state index < -0.39 is 0 Å². The zero-order chi connectivity index (χ0) is 12.1. The summed E-state index contributed by atoms with van der Waals surface area (Å²) >= 11 is 0. The van der Waals surface area contributed by atoms with E-state index in [0.29, 0.717) is 0 Å². The quantitative estimate of drug-likeness (QED) is 0.854. The largest absolute Gasteiger partial charge is 0.306 e. The maximum atomic E-state index is 4.32. The fourth-order valence-corrected chi connectivity index (χ4v) is 1.88. The average molecular weight is 230 g/mol. The summed E-state index contributed by atoms with van der Waals surface area (Å²) in [5.41, 5.74) is 2.35. The van der Waals surface area contributed by atoms with Crippen LogP contribution in [0.1, 0.15) is 31.0 Å². The molecule has 1 unspecified atom stereocenters. The fraction of sp³-hybridized carbons (Fsp3) is 0.385. The van der Waals surface area contributed by atoms with E-state index in [2.05, 4.69) is 41.5 Å². The molecule has 0 saturated carbocycles. The van der Waals surface area contributed by atoms with Crippen LogP contribution in [0.4, 0.5) is 0 Å². The number of aromatic nitrogens is 3. The van der Waals surface area contributed by atoms with E-state index in [1.807, 2.05) is 23.1 Å². The fourth-order valence-electron chi connectivity index (χ4n) is 1.88. The van der Waals surface area contributed by atoms with Gasteiger partial charge < -0.3 is 5.32 Å². The SMILES string of the molecule is CCNC(c1cccnc1)c1cnn(CC)c1. The molecule has 4 nitrogen and oxygen atoms in total. The minimum absolute atomic E-state index is 0.175. The summed E-state index contributed by atoms with van der Waals surface area (Å²) in [7, 11) is 0. The lowest BCUT2D eigenvalue weighted by atomic mass is 10.0. The third kappa shape index (κ3) is 2.71. The second-order valence-corrected chi connectivity index (χ2v) is 3.91. The predicted octanol–water partition coefficient (Wildman–Crippen LogP) is 2.00. The minimum Gasteiger partial charge on any atom is -0.306 e. The summed E-state index contributed by atoms with van der Waals surface area (Å²) in [5, 5.41) is 7.78. The molecule has 4 heteroatoms. The van der Waals surface area contributed by atoms with Crippen molar-refractivity contribution in [1.29, 1.82) is 0 Å². The Kier molecular flexibility index (Phi) is 3.88. The first-order chi connectivity index (χ1) is 8.35. The molecular weight excluding hydrogens is 212 g/mol. The second-order valence-electron chi connectivity index (χ2n) is 3.91. The first-order valence-electron chi connectivity index (χ1n) is 6.00. The maximum Gasteiger partial charge on any atom is 0.0623 e. The third-order valence-electron chi connectivity index (χ3n) is 2.74. The van der Waals surface area contributed by atoms with Gasteiger partial charge >= 0.3 is 0 Å². The van der Waals surface area contributed by atoms with Gasteiger partial charge in [0.25, 0.3) is 0 Å². The summed E-state index contributed by atoms with van der Waals surface area (Å²) in [6.07, 6.45) is 7.70. The van der Waals surface area contributed by atoms with E-state index in [9.17, 15) is 0 Å². The van der Waals surface area contributed by atoms with Crippen molar-refractivity contribution < 1.29 is 0 Å². The van der Waals surface area contributed by atoms with Gasteiger partial charge in [0.15, 0.2) is 0 Å². The van der Waals surface area contributed by atoms with E-state index >= 15 is 0 Å². The molecular formula is C13H18N4. The van der Waals surface area contributed by atoms with Crippen LogP contribution in [0.15, 0.2) is 36.9 Å². The van der Waals surface area contributed by atoms with Crippen LogP contribution < -0.4 is 5.32 Å². The van der Waals surface area contributed by atoms with E-state index in [1.54, 1.807) is 6.20 Å². The van der Waals surface area contributed by atoms with Crippen LogP contribution in [0.3, 0.4) is 0 Å². The second kappa shape index (κ2) is 5.59. The Labute approximate surface area is 102 Å². The lowest BCUT2D eigenvalue weighted by molar-refractivity contribution is 0.623. The van der Waals surface area contributed by atoms with E-state index in [1.165, 1.54) is 11.1 Å². The molecule has 1 N–H and O–H groups in total. The van der Waals surface area contributed by atoms with Gasteiger partial charge in [-0.1, -0.05) is 13.0 Å². The highest BCUT2D eigenvalue weighted by atomic mass is 15.3. The van der Waals surface area contributed by atoms with Gasteiger partial charge in [0.05, 0.1) is 12.2 Å². The van der Waals surface area contributed by atoms with Crippen LogP contribution in [-0.4, -0.2) is 21.3 Å². The van der Waals surface area contributed by atoms with Crippen molar-refractivity contribution in [3.8, 4) is 0 Å². The Morgan fingerprint density at radius 2 is 2.18 bits per heavy atom. The highest BCUT2D eigenvalue weighted by Crippen LogP contribution is 2.20. The van der Waals surface area contributed by atoms with Gasteiger partial charge in [0.1, 0.15) is 0 Å². The highest BCUT2D eigenvalue weighted by Gasteiger charge is 2.14. The van der Waals surface area contributed by atoms with Crippen LogP contribution in [-0.2, 0) is 6.54 Å². The van der Waals surface area contributed by atoms with Gasteiger partial charge in [0.2, 0.25) is 0 Å². The van der Waals surface area contributed by atoms with E-state index in [-0.39, 0.29) is 6.04 Å². The molecule has 0 amide bonds. The van der Waals surface area contributed by atoms with Crippen LogP contribution in [0.5, 0.6) is 0 Å². The Bertz CT molecular complexity index is 449. The zero-order valence-electron chi connectivity index (χ0n) is 10.3. The van der Waals surface area contributed by atoms with Gasteiger partial charge in [0, 0.05) is 30.7 Å².